The molecule has 1 atom stereocenters. The minimum atomic E-state index is -0.344. The molecule has 2 heterocycles. The van der Waals surface area contributed by atoms with Crippen LogP contribution in [0.1, 0.15) is 54.5 Å². The molecule has 1 aliphatic rings. The second kappa shape index (κ2) is 7.07. The van der Waals surface area contributed by atoms with Gasteiger partial charge in [0, 0.05) is 5.56 Å². The van der Waals surface area contributed by atoms with Crippen LogP contribution in [-0.4, -0.2) is 10.2 Å². The van der Waals surface area contributed by atoms with E-state index in [-0.39, 0.29) is 17.2 Å². The van der Waals surface area contributed by atoms with Crippen LogP contribution in [0.5, 0.6) is 5.88 Å². The number of fused-ring (bicyclic) bond motifs is 1. The first-order valence-electron chi connectivity index (χ1n) is 10.0. The number of nitrogens with zero attached hydrogens (tertiary/aromatic N) is 2. The quantitative estimate of drug-likeness (QED) is 0.620. The molecule has 1 aliphatic heterocycles. The van der Waals surface area contributed by atoms with Crippen LogP contribution in [0, 0.1) is 25.2 Å². The highest BCUT2D eigenvalue weighted by molar-refractivity contribution is 5.71. The Hall–Kier alpha value is -3.52. The molecule has 1 aromatic heterocycles. The van der Waals surface area contributed by atoms with Crippen molar-refractivity contribution in [3.05, 3.63) is 81.7 Å². The Morgan fingerprint density at radius 3 is 2.37 bits per heavy atom. The summed E-state index contributed by atoms with van der Waals surface area (Å²) in [5, 5.41) is 17.4. The summed E-state index contributed by atoms with van der Waals surface area (Å²) in [5.41, 5.74) is 13.9. The highest BCUT2D eigenvalue weighted by Crippen LogP contribution is 2.46. The van der Waals surface area contributed by atoms with Gasteiger partial charge in [-0.3, -0.25) is 5.10 Å². The number of nitrogens with one attached hydrogen (secondary N) is 1. The number of allylic oxidation sites excluding steroid dienone is 1. The van der Waals surface area contributed by atoms with Gasteiger partial charge < -0.3 is 10.5 Å². The lowest BCUT2D eigenvalue weighted by atomic mass is 9.80. The van der Waals surface area contributed by atoms with Crippen molar-refractivity contribution in [2.45, 2.75) is 46.0 Å². The highest BCUT2D eigenvalue weighted by Gasteiger charge is 2.35. The zero-order valence-corrected chi connectivity index (χ0v) is 18.0. The number of benzene rings is 2. The van der Waals surface area contributed by atoms with Gasteiger partial charge in [0.1, 0.15) is 11.6 Å². The van der Waals surface area contributed by atoms with E-state index in [4.69, 9.17) is 10.5 Å². The fourth-order valence-electron chi connectivity index (χ4n) is 3.87. The molecule has 0 amide bonds. The smallest absolute Gasteiger partial charge is 0.244 e. The van der Waals surface area contributed by atoms with E-state index in [1.54, 1.807) is 0 Å². The van der Waals surface area contributed by atoms with Gasteiger partial charge in [0.25, 0.3) is 0 Å². The van der Waals surface area contributed by atoms with Gasteiger partial charge in [0.05, 0.1) is 17.2 Å². The topological polar surface area (TPSA) is 87.7 Å². The maximum absolute atomic E-state index is 9.88. The van der Waals surface area contributed by atoms with Gasteiger partial charge in [0.2, 0.25) is 11.8 Å². The van der Waals surface area contributed by atoms with Gasteiger partial charge >= 0.3 is 0 Å². The number of nitriles is 1. The first kappa shape index (κ1) is 19.8. The van der Waals surface area contributed by atoms with Crippen molar-refractivity contribution in [3.63, 3.8) is 0 Å². The second-order valence-electron chi connectivity index (χ2n) is 8.91. The van der Waals surface area contributed by atoms with E-state index in [0.717, 1.165) is 22.4 Å². The van der Waals surface area contributed by atoms with Gasteiger partial charge in [0.15, 0.2) is 0 Å². The third kappa shape index (κ3) is 3.25. The maximum atomic E-state index is 9.88. The summed E-state index contributed by atoms with van der Waals surface area (Å²) in [6.45, 7) is 10.7. The summed E-state index contributed by atoms with van der Waals surface area (Å²) < 4.78 is 5.71. The van der Waals surface area contributed by atoms with Crippen molar-refractivity contribution in [2.24, 2.45) is 5.73 Å². The first-order chi connectivity index (χ1) is 14.2. The van der Waals surface area contributed by atoms with Crippen molar-refractivity contribution in [1.29, 1.82) is 5.26 Å². The van der Waals surface area contributed by atoms with E-state index < -0.39 is 0 Å². The van der Waals surface area contributed by atoms with Crippen LogP contribution >= 0.6 is 0 Å². The van der Waals surface area contributed by atoms with Crippen LogP contribution in [0.25, 0.3) is 11.3 Å². The summed E-state index contributed by atoms with van der Waals surface area (Å²) in [6.07, 6.45) is 0. The molecule has 0 spiro atoms. The zero-order chi connectivity index (χ0) is 21.6. The van der Waals surface area contributed by atoms with E-state index in [2.05, 4.69) is 93.3 Å². The van der Waals surface area contributed by atoms with Crippen molar-refractivity contribution in [3.8, 4) is 23.2 Å². The monoisotopic (exact) mass is 398 g/mol. The molecule has 4 rings (SSSR count). The third-order valence-electron chi connectivity index (χ3n) is 5.84. The number of aromatic amines is 1. The highest BCUT2D eigenvalue weighted by atomic mass is 16.5. The Morgan fingerprint density at radius 1 is 1.07 bits per heavy atom. The number of H-pyrrole nitrogens is 1. The molecule has 0 saturated heterocycles. The van der Waals surface area contributed by atoms with E-state index in [0.29, 0.717) is 11.5 Å². The predicted molar refractivity (Wildman–Crippen MR) is 118 cm³/mol. The van der Waals surface area contributed by atoms with Gasteiger partial charge in [-0.1, -0.05) is 57.2 Å². The molecule has 0 saturated carbocycles. The standard InChI is InChI=1S/C25H26N4O/c1-14-6-7-17(12-15(14)2)22-21-20(16-8-10-18(11-9-16)25(3,4)5)19(13-26)23(27)30-24(21)29-28-22/h6-12,20H,27H2,1-5H3,(H,28,29)/t20-/m1/s1. The number of aromatic nitrogens is 2. The lowest BCUT2D eigenvalue weighted by Gasteiger charge is -2.25. The van der Waals surface area contributed by atoms with Crippen molar-refractivity contribution in [1.82, 2.24) is 10.2 Å². The average molecular weight is 399 g/mol. The molecule has 30 heavy (non-hydrogen) atoms. The second-order valence-corrected chi connectivity index (χ2v) is 8.91. The number of aryl methyl sites for hydroxylation is 2. The third-order valence-corrected chi connectivity index (χ3v) is 5.84. The molecular formula is C25H26N4O. The molecule has 0 unspecified atom stereocenters. The largest absolute Gasteiger partial charge is 0.420 e. The van der Waals surface area contributed by atoms with Crippen molar-refractivity contribution < 1.29 is 4.74 Å². The SMILES string of the molecule is Cc1ccc(-c2[nH]nc3c2[C@H](c2ccc(C(C)(C)C)cc2)C(C#N)=C(N)O3)cc1C. The summed E-state index contributed by atoms with van der Waals surface area (Å²) in [4.78, 5) is 0. The van der Waals surface area contributed by atoms with Crippen LogP contribution in [0.3, 0.4) is 0 Å². The molecule has 5 heteroatoms. The summed E-state index contributed by atoms with van der Waals surface area (Å²) in [7, 11) is 0. The Labute approximate surface area is 177 Å². The van der Waals surface area contributed by atoms with Crippen LogP contribution in [0.4, 0.5) is 0 Å². The van der Waals surface area contributed by atoms with Gasteiger partial charge in [-0.25, -0.2) is 0 Å². The molecule has 0 aliphatic carbocycles. The number of ether oxygens (including phenoxy) is 1. The average Bonchev–Trinajstić information content (AvgIpc) is 3.11. The first-order valence-corrected chi connectivity index (χ1v) is 10.0. The minimum Gasteiger partial charge on any atom is -0.420 e. The molecule has 0 bridgehead atoms. The van der Waals surface area contributed by atoms with Crippen LogP contribution in [0.15, 0.2) is 53.9 Å². The van der Waals surface area contributed by atoms with Crippen LogP contribution < -0.4 is 10.5 Å². The Morgan fingerprint density at radius 2 is 1.77 bits per heavy atom. The molecule has 5 nitrogen and oxygen atoms in total. The lowest BCUT2D eigenvalue weighted by molar-refractivity contribution is 0.379. The number of nitrogens with two attached hydrogens (primary N) is 1. The van der Waals surface area contributed by atoms with Gasteiger partial charge in [-0.05, 0) is 47.6 Å². The Bertz CT molecular complexity index is 1190. The fraction of sp³-hybridized carbons (Fsp3) is 0.280. The molecule has 2 aromatic carbocycles. The number of hydrogen-bond acceptors (Lipinski definition) is 4. The Kier molecular flexibility index (Phi) is 4.66. The Balaban J connectivity index is 1.90. The molecule has 3 aromatic rings. The van der Waals surface area contributed by atoms with E-state index in [1.165, 1.54) is 16.7 Å². The van der Waals surface area contributed by atoms with E-state index >= 15 is 0 Å². The fourth-order valence-corrected chi connectivity index (χ4v) is 3.87. The number of rotatable bonds is 2. The van der Waals surface area contributed by atoms with Crippen molar-refractivity contribution >= 4 is 0 Å². The predicted octanol–water partition coefficient (Wildman–Crippen LogP) is 5.21. The lowest BCUT2D eigenvalue weighted by Crippen LogP contribution is -2.21. The number of hydrogen-bond donors (Lipinski definition) is 2. The van der Waals surface area contributed by atoms with E-state index in [9.17, 15) is 5.26 Å². The van der Waals surface area contributed by atoms with Gasteiger partial charge in [-0.2, -0.15) is 5.26 Å². The normalized spacial score (nSPS) is 16.1. The summed E-state index contributed by atoms with van der Waals surface area (Å²) in [5.74, 6) is 0.181. The van der Waals surface area contributed by atoms with Crippen molar-refractivity contribution in [2.75, 3.05) is 0 Å². The zero-order valence-electron chi connectivity index (χ0n) is 18.0. The summed E-state index contributed by atoms with van der Waals surface area (Å²) in [6, 6.07) is 16.9. The molecule has 0 radical (unpaired) electrons. The van der Waals surface area contributed by atoms with Crippen LogP contribution in [-0.2, 0) is 5.41 Å². The molecule has 0 fully saturated rings. The molecule has 152 valence electrons. The molecular weight excluding hydrogens is 372 g/mol. The van der Waals surface area contributed by atoms with Gasteiger partial charge in [-0.15, -0.1) is 5.10 Å². The van der Waals surface area contributed by atoms with E-state index in [1.807, 2.05) is 0 Å². The maximum Gasteiger partial charge on any atom is 0.244 e. The molecule has 3 N–H and O–H groups in total. The summed E-state index contributed by atoms with van der Waals surface area (Å²) >= 11 is 0. The minimum absolute atomic E-state index is 0.0481. The van der Waals surface area contributed by atoms with Crippen LogP contribution in [0.2, 0.25) is 0 Å².